The number of hydrogen-bond acceptors (Lipinski definition) is 4. The molecule has 0 atom stereocenters. The SMILES string of the molecule is CN(C)CCOc1ccc(N(C)c2ccc(O)cc2)cc1. The highest BCUT2D eigenvalue weighted by Gasteiger charge is 2.04. The Hall–Kier alpha value is -2.20. The Bertz CT molecular complexity index is 550. The van der Waals surface area contributed by atoms with Gasteiger partial charge in [-0.25, -0.2) is 0 Å². The van der Waals surface area contributed by atoms with E-state index in [-0.39, 0.29) is 5.75 Å². The molecule has 0 saturated carbocycles. The fourth-order valence-electron chi connectivity index (χ4n) is 1.94. The highest BCUT2D eigenvalue weighted by Crippen LogP contribution is 2.26. The van der Waals surface area contributed by atoms with Gasteiger partial charge in [-0.05, 0) is 62.6 Å². The van der Waals surface area contributed by atoms with Crippen LogP contribution in [0.2, 0.25) is 0 Å². The number of aromatic hydroxyl groups is 1. The molecule has 0 amide bonds. The molecule has 0 saturated heterocycles. The normalized spacial score (nSPS) is 10.7. The molecule has 1 N–H and O–H groups in total. The number of ether oxygens (including phenoxy) is 1. The number of rotatable bonds is 6. The molecule has 4 heteroatoms. The molecule has 2 aromatic carbocycles. The van der Waals surface area contributed by atoms with E-state index in [0.29, 0.717) is 6.61 Å². The summed E-state index contributed by atoms with van der Waals surface area (Å²) < 4.78 is 5.68. The van der Waals surface area contributed by atoms with E-state index in [1.807, 2.05) is 57.5 Å². The minimum atomic E-state index is 0.275. The van der Waals surface area contributed by atoms with Crippen LogP contribution in [0.25, 0.3) is 0 Å². The number of benzene rings is 2. The second-order valence-corrected chi connectivity index (χ2v) is 5.22. The average molecular weight is 286 g/mol. The monoisotopic (exact) mass is 286 g/mol. The van der Waals surface area contributed by atoms with E-state index < -0.39 is 0 Å². The molecule has 0 heterocycles. The van der Waals surface area contributed by atoms with Crippen LogP contribution in [0.5, 0.6) is 11.5 Å². The first-order chi connectivity index (χ1) is 10.1. The lowest BCUT2D eigenvalue weighted by atomic mass is 10.2. The van der Waals surface area contributed by atoms with Gasteiger partial charge in [-0.1, -0.05) is 0 Å². The number of hydrogen-bond donors (Lipinski definition) is 1. The van der Waals surface area contributed by atoms with Gasteiger partial charge in [-0.3, -0.25) is 0 Å². The fourth-order valence-corrected chi connectivity index (χ4v) is 1.94. The molecule has 21 heavy (non-hydrogen) atoms. The number of nitrogens with zero attached hydrogens (tertiary/aromatic N) is 2. The summed E-state index contributed by atoms with van der Waals surface area (Å²) >= 11 is 0. The van der Waals surface area contributed by atoms with E-state index in [0.717, 1.165) is 23.7 Å². The van der Waals surface area contributed by atoms with Crippen LogP contribution >= 0.6 is 0 Å². The van der Waals surface area contributed by atoms with Crippen molar-refractivity contribution in [3.63, 3.8) is 0 Å². The lowest BCUT2D eigenvalue weighted by Crippen LogP contribution is -2.19. The van der Waals surface area contributed by atoms with Crippen LogP contribution < -0.4 is 9.64 Å². The minimum Gasteiger partial charge on any atom is -0.508 e. The van der Waals surface area contributed by atoms with Gasteiger partial charge in [0.2, 0.25) is 0 Å². The zero-order valence-electron chi connectivity index (χ0n) is 12.8. The van der Waals surface area contributed by atoms with Crippen LogP contribution in [0.15, 0.2) is 48.5 Å². The molecular formula is C17H22N2O2. The van der Waals surface area contributed by atoms with E-state index in [1.54, 1.807) is 12.1 Å². The van der Waals surface area contributed by atoms with Crippen LogP contribution in [-0.2, 0) is 0 Å². The second kappa shape index (κ2) is 6.99. The quantitative estimate of drug-likeness (QED) is 0.885. The van der Waals surface area contributed by atoms with Crippen molar-refractivity contribution in [3.8, 4) is 11.5 Å². The fraction of sp³-hybridized carbons (Fsp3) is 0.294. The topological polar surface area (TPSA) is 35.9 Å². The first-order valence-corrected chi connectivity index (χ1v) is 6.96. The molecular weight excluding hydrogens is 264 g/mol. The largest absolute Gasteiger partial charge is 0.508 e. The van der Waals surface area contributed by atoms with Crippen molar-refractivity contribution in [2.45, 2.75) is 0 Å². The van der Waals surface area contributed by atoms with Gasteiger partial charge >= 0.3 is 0 Å². The van der Waals surface area contributed by atoms with Crippen molar-refractivity contribution in [1.82, 2.24) is 4.90 Å². The van der Waals surface area contributed by atoms with Crippen molar-refractivity contribution in [3.05, 3.63) is 48.5 Å². The molecule has 0 unspecified atom stereocenters. The predicted molar refractivity (Wildman–Crippen MR) is 86.7 cm³/mol. The zero-order valence-corrected chi connectivity index (χ0v) is 12.8. The molecule has 2 rings (SSSR count). The molecule has 2 aromatic rings. The Morgan fingerprint density at radius 2 is 1.38 bits per heavy atom. The van der Waals surface area contributed by atoms with E-state index in [4.69, 9.17) is 4.74 Å². The van der Waals surface area contributed by atoms with Crippen LogP contribution in [0.1, 0.15) is 0 Å². The summed E-state index contributed by atoms with van der Waals surface area (Å²) in [6.45, 7) is 1.58. The highest BCUT2D eigenvalue weighted by molar-refractivity contribution is 5.63. The van der Waals surface area contributed by atoms with Gasteiger partial charge in [0.05, 0.1) is 0 Å². The maximum absolute atomic E-state index is 9.33. The van der Waals surface area contributed by atoms with Gasteiger partial charge in [-0.15, -0.1) is 0 Å². The van der Waals surface area contributed by atoms with Crippen molar-refractivity contribution >= 4 is 11.4 Å². The van der Waals surface area contributed by atoms with E-state index in [9.17, 15) is 5.11 Å². The van der Waals surface area contributed by atoms with E-state index in [1.165, 1.54) is 0 Å². The summed E-state index contributed by atoms with van der Waals surface area (Å²) in [4.78, 5) is 4.15. The Labute approximate surface area is 126 Å². The van der Waals surface area contributed by atoms with Gasteiger partial charge < -0.3 is 19.6 Å². The Morgan fingerprint density at radius 1 is 0.857 bits per heavy atom. The molecule has 0 aromatic heterocycles. The minimum absolute atomic E-state index is 0.275. The van der Waals surface area contributed by atoms with Crippen molar-refractivity contribution in [2.24, 2.45) is 0 Å². The molecule has 0 aliphatic carbocycles. The number of phenols is 1. The smallest absolute Gasteiger partial charge is 0.119 e. The summed E-state index contributed by atoms with van der Waals surface area (Å²) in [5.41, 5.74) is 2.09. The summed E-state index contributed by atoms with van der Waals surface area (Å²) in [7, 11) is 6.05. The molecule has 0 aliphatic heterocycles. The Kier molecular flexibility index (Phi) is 5.06. The molecule has 4 nitrogen and oxygen atoms in total. The lowest BCUT2D eigenvalue weighted by molar-refractivity contribution is 0.261. The third kappa shape index (κ3) is 4.39. The van der Waals surface area contributed by atoms with Gasteiger partial charge in [0, 0.05) is 25.0 Å². The van der Waals surface area contributed by atoms with Crippen LogP contribution in [0.4, 0.5) is 11.4 Å². The van der Waals surface area contributed by atoms with E-state index in [2.05, 4.69) is 9.80 Å². The maximum Gasteiger partial charge on any atom is 0.119 e. The summed E-state index contributed by atoms with van der Waals surface area (Å²) in [5.74, 6) is 1.15. The van der Waals surface area contributed by atoms with Crippen LogP contribution in [-0.4, -0.2) is 44.3 Å². The molecule has 0 bridgehead atoms. The summed E-state index contributed by atoms with van der Waals surface area (Å²) in [5, 5.41) is 9.33. The second-order valence-electron chi connectivity index (χ2n) is 5.22. The van der Waals surface area contributed by atoms with Crippen molar-refractivity contribution in [1.29, 1.82) is 0 Å². The average Bonchev–Trinajstić information content (AvgIpc) is 2.48. The Balaban J connectivity index is 1.99. The van der Waals surface area contributed by atoms with Crippen LogP contribution in [0.3, 0.4) is 0 Å². The Morgan fingerprint density at radius 3 is 1.90 bits per heavy atom. The third-order valence-electron chi connectivity index (χ3n) is 3.27. The number of phenolic OH excluding ortho intramolecular Hbond substituents is 1. The summed E-state index contributed by atoms with van der Waals surface area (Å²) in [6, 6.07) is 15.1. The van der Waals surface area contributed by atoms with Gasteiger partial charge in [0.25, 0.3) is 0 Å². The first-order valence-electron chi connectivity index (χ1n) is 6.96. The number of likely N-dealkylation sites (N-methyl/N-ethyl adjacent to an activating group) is 1. The maximum atomic E-state index is 9.33. The van der Waals surface area contributed by atoms with Gasteiger partial charge in [-0.2, -0.15) is 0 Å². The predicted octanol–water partition coefficient (Wildman–Crippen LogP) is 3.10. The molecule has 0 aliphatic rings. The van der Waals surface area contributed by atoms with Gasteiger partial charge in [0.15, 0.2) is 0 Å². The van der Waals surface area contributed by atoms with E-state index >= 15 is 0 Å². The summed E-state index contributed by atoms with van der Waals surface area (Å²) in [6.07, 6.45) is 0. The molecule has 0 spiro atoms. The van der Waals surface area contributed by atoms with Gasteiger partial charge in [0.1, 0.15) is 18.1 Å². The molecule has 112 valence electrons. The third-order valence-corrected chi connectivity index (χ3v) is 3.27. The van der Waals surface area contributed by atoms with Crippen molar-refractivity contribution < 1.29 is 9.84 Å². The lowest BCUT2D eigenvalue weighted by Gasteiger charge is -2.20. The standard InChI is InChI=1S/C17H22N2O2/c1-18(2)12-13-21-17-10-6-15(7-11-17)19(3)14-4-8-16(20)9-5-14/h4-11,20H,12-13H2,1-3H3. The highest BCUT2D eigenvalue weighted by atomic mass is 16.5. The van der Waals surface area contributed by atoms with Crippen LogP contribution in [0, 0.1) is 0 Å². The first kappa shape index (κ1) is 15.2. The molecule has 0 radical (unpaired) electrons. The van der Waals surface area contributed by atoms with Crippen molar-refractivity contribution in [2.75, 3.05) is 39.2 Å². The zero-order chi connectivity index (χ0) is 15.2. The number of anilines is 2. The molecule has 0 fully saturated rings.